The predicted octanol–water partition coefficient (Wildman–Crippen LogP) is 4.94. The minimum atomic E-state index is -0.0871. The number of rotatable bonds is 1. The third kappa shape index (κ3) is 2.04. The Labute approximate surface area is 165 Å². The molecule has 4 aromatic carbocycles. The van der Waals surface area contributed by atoms with Crippen LogP contribution in [0.4, 0.5) is 17.1 Å². The summed E-state index contributed by atoms with van der Waals surface area (Å²) < 4.78 is 6.65. The van der Waals surface area contributed by atoms with Gasteiger partial charge in [-0.15, -0.1) is 0 Å². The molecular weight excluding hydrogens is 341 g/mol. The molecule has 2 aliphatic rings. The average molecular weight is 359 g/mol. The van der Waals surface area contributed by atoms with Gasteiger partial charge in [-0.3, -0.25) is 0 Å². The van der Waals surface area contributed by atoms with E-state index in [4.69, 9.17) is 4.65 Å². The van der Waals surface area contributed by atoms with Gasteiger partial charge in [0, 0.05) is 28.1 Å². The molecule has 2 nitrogen and oxygen atoms in total. The lowest BCUT2D eigenvalue weighted by molar-refractivity contribution is 0.584. The number of nitrogens with zero attached hydrogens (tertiary/aromatic N) is 1. The fraction of sp³-hybridized carbons (Fsp3) is 0.0400. The first-order valence-electron chi connectivity index (χ1n) is 9.66. The second kappa shape index (κ2) is 5.77. The first-order valence-corrected chi connectivity index (χ1v) is 9.66. The summed E-state index contributed by atoms with van der Waals surface area (Å²) in [7, 11) is 0. The first kappa shape index (κ1) is 15.6. The molecule has 0 N–H and O–H groups in total. The van der Waals surface area contributed by atoms with E-state index in [-0.39, 0.29) is 6.92 Å². The molecule has 2 aliphatic heterocycles. The molecule has 28 heavy (non-hydrogen) atoms. The number of fused-ring (bicyclic) bond motifs is 4. The summed E-state index contributed by atoms with van der Waals surface area (Å²) in [5, 5.41) is 0. The highest BCUT2D eigenvalue weighted by molar-refractivity contribution is 6.85. The van der Waals surface area contributed by atoms with E-state index in [0.717, 1.165) is 11.4 Å². The van der Waals surface area contributed by atoms with Gasteiger partial charge in [-0.1, -0.05) is 66.7 Å². The minimum absolute atomic E-state index is 0.0871. The highest BCUT2D eigenvalue weighted by Gasteiger charge is 2.42. The molecule has 0 saturated heterocycles. The Morgan fingerprint density at radius 3 is 2.29 bits per heavy atom. The van der Waals surface area contributed by atoms with Crippen LogP contribution >= 0.6 is 0 Å². The van der Waals surface area contributed by atoms with E-state index in [1.54, 1.807) is 0 Å². The second-order valence-electron chi connectivity index (χ2n) is 7.42. The normalized spacial score (nSPS) is 13.3. The first-order chi connectivity index (χ1) is 13.8. The van der Waals surface area contributed by atoms with Crippen LogP contribution in [0, 0.1) is 6.92 Å². The molecule has 0 aliphatic carbocycles. The summed E-state index contributed by atoms with van der Waals surface area (Å²) in [6.45, 7) is 2.04. The van der Waals surface area contributed by atoms with Gasteiger partial charge in [-0.2, -0.15) is 0 Å². The zero-order chi connectivity index (χ0) is 18.7. The number of anilines is 3. The van der Waals surface area contributed by atoms with Crippen LogP contribution in [0.2, 0.25) is 0 Å². The Hall–Kier alpha value is -3.46. The topological polar surface area (TPSA) is 12.5 Å². The van der Waals surface area contributed by atoms with E-state index in [1.807, 2.05) is 0 Å². The van der Waals surface area contributed by atoms with Crippen LogP contribution in [0.25, 0.3) is 11.1 Å². The van der Waals surface area contributed by atoms with Crippen LogP contribution in [-0.2, 0) is 0 Å². The highest BCUT2D eigenvalue weighted by Crippen LogP contribution is 2.43. The fourth-order valence-electron chi connectivity index (χ4n) is 4.57. The minimum Gasteiger partial charge on any atom is -0.551 e. The van der Waals surface area contributed by atoms with E-state index >= 15 is 0 Å². The third-order valence-electron chi connectivity index (χ3n) is 5.80. The van der Waals surface area contributed by atoms with Crippen LogP contribution in [0.15, 0.2) is 91.0 Å². The Balaban J connectivity index is 1.70. The lowest BCUT2D eigenvalue weighted by Gasteiger charge is -2.39. The molecular formula is C25H18BNO. The second-order valence-corrected chi connectivity index (χ2v) is 7.42. The number of para-hydroxylation sites is 3. The standard InChI is InChI=1S/C25H18BNO/c1-17-9-7-13-20-19-12-8-16-23-24(19)26(28-25(17)20)21-14-5-6-15-22(21)27(23)18-10-3-2-4-11-18/h2-16H,1H3. The SMILES string of the molecule is Cc1cccc2c1OB1c3ccccc3N(c3ccccc3)c3cccc-2c31. The lowest BCUT2D eigenvalue weighted by Crippen LogP contribution is -2.56. The molecule has 132 valence electrons. The highest BCUT2D eigenvalue weighted by atomic mass is 16.4. The summed E-state index contributed by atoms with van der Waals surface area (Å²) in [5.41, 5.74) is 9.63. The number of hydrogen-bond acceptors (Lipinski definition) is 2. The molecule has 0 spiro atoms. The maximum Gasteiger partial charge on any atom is 0.431 e. The van der Waals surface area contributed by atoms with Crippen molar-refractivity contribution in [1.29, 1.82) is 0 Å². The predicted molar refractivity (Wildman–Crippen MR) is 117 cm³/mol. The van der Waals surface area contributed by atoms with Gasteiger partial charge in [-0.05, 0) is 47.8 Å². The van der Waals surface area contributed by atoms with Crippen LogP contribution in [-0.4, -0.2) is 6.92 Å². The number of aryl methyl sites for hydroxylation is 1. The van der Waals surface area contributed by atoms with Crippen molar-refractivity contribution in [3.63, 3.8) is 0 Å². The summed E-state index contributed by atoms with van der Waals surface area (Å²) in [4.78, 5) is 2.36. The smallest absolute Gasteiger partial charge is 0.431 e. The van der Waals surface area contributed by atoms with Crippen molar-refractivity contribution in [3.8, 4) is 16.9 Å². The molecule has 0 unspecified atom stereocenters. The van der Waals surface area contributed by atoms with Gasteiger partial charge >= 0.3 is 6.92 Å². The largest absolute Gasteiger partial charge is 0.551 e. The maximum atomic E-state index is 6.65. The Bertz CT molecular complexity index is 1220. The molecule has 0 amide bonds. The van der Waals surface area contributed by atoms with Gasteiger partial charge in [0.05, 0.1) is 0 Å². The van der Waals surface area contributed by atoms with Gasteiger partial charge in [0.1, 0.15) is 5.75 Å². The maximum absolute atomic E-state index is 6.65. The van der Waals surface area contributed by atoms with E-state index in [9.17, 15) is 0 Å². The van der Waals surface area contributed by atoms with Crippen molar-refractivity contribution in [2.24, 2.45) is 0 Å². The monoisotopic (exact) mass is 359 g/mol. The van der Waals surface area contributed by atoms with E-state index in [0.29, 0.717) is 0 Å². The summed E-state index contributed by atoms with van der Waals surface area (Å²) >= 11 is 0. The van der Waals surface area contributed by atoms with Crippen molar-refractivity contribution in [3.05, 3.63) is 96.6 Å². The number of benzene rings is 4. The van der Waals surface area contributed by atoms with Crippen LogP contribution < -0.4 is 20.5 Å². The van der Waals surface area contributed by atoms with Crippen LogP contribution in [0.3, 0.4) is 0 Å². The number of hydrogen-bond donors (Lipinski definition) is 0. The quantitative estimate of drug-likeness (QED) is 0.446. The van der Waals surface area contributed by atoms with Gasteiger partial charge < -0.3 is 9.55 Å². The fourth-order valence-corrected chi connectivity index (χ4v) is 4.57. The Morgan fingerprint density at radius 1 is 0.679 bits per heavy atom. The van der Waals surface area contributed by atoms with E-state index < -0.39 is 0 Å². The molecule has 6 rings (SSSR count). The molecule has 2 heterocycles. The molecule has 0 atom stereocenters. The zero-order valence-corrected chi connectivity index (χ0v) is 15.6. The van der Waals surface area contributed by atoms with Crippen molar-refractivity contribution in [2.45, 2.75) is 6.92 Å². The van der Waals surface area contributed by atoms with Crippen LogP contribution in [0.5, 0.6) is 5.75 Å². The Kier molecular flexibility index (Phi) is 3.21. The van der Waals surface area contributed by atoms with Crippen molar-refractivity contribution >= 4 is 34.9 Å². The molecule has 0 fully saturated rings. The summed E-state index contributed by atoms with van der Waals surface area (Å²) in [6, 6.07) is 32.2. The lowest BCUT2D eigenvalue weighted by atomic mass is 9.49. The molecule has 0 saturated carbocycles. The summed E-state index contributed by atoms with van der Waals surface area (Å²) in [6.07, 6.45) is 0. The van der Waals surface area contributed by atoms with E-state index in [2.05, 4.69) is 103 Å². The van der Waals surface area contributed by atoms with Crippen molar-refractivity contribution in [1.82, 2.24) is 0 Å². The Morgan fingerprint density at radius 2 is 1.39 bits per heavy atom. The van der Waals surface area contributed by atoms with Gasteiger partial charge in [0.25, 0.3) is 0 Å². The third-order valence-corrected chi connectivity index (χ3v) is 5.80. The average Bonchev–Trinajstić information content (AvgIpc) is 2.75. The zero-order valence-electron chi connectivity index (χ0n) is 15.6. The molecule has 4 aromatic rings. The van der Waals surface area contributed by atoms with Crippen molar-refractivity contribution in [2.75, 3.05) is 4.90 Å². The van der Waals surface area contributed by atoms with Gasteiger partial charge in [0.15, 0.2) is 0 Å². The van der Waals surface area contributed by atoms with E-state index in [1.165, 1.54) is 39.0 Å². The molecule has 0 bridgehead atoms. The molecule has 0 radical (unpaired) electrons. The summed E-state index contributed by atoms with van der Waals surface area (Å²) in [5.74, 6) is 1.00. The van der Waals surface area contributed by atoms with Crippen LogP contribution in [0.1, 0.15) is 5.56 Å². The van der Waals surface area contributed by atoms with Crippen molar-refractivity contribution < 1.29 is 4.65 Å². The van der Waals surface area contributed by atoms with Gasteiger partial charge in [-0.25, -0.2) is 0 Å². The molecule has 3 heteroatoms. The molecule has 0 aromatic heterocycles. The van der Waals surface area contributed by atoms with Gasteiger partial charge in [0.2, 0.25) is 0 Å².